The van der Waals surface area contributed by atoms with Gasteiger partial charge in [-0.3, -0.25) is 4.68 Å². The van der Waals surface area contributed by atoms with E-state index in [0.29, 0.717) is 6.04 Å². The fourth-order valence-corrected chi connectivity index (χ4v) is 0.866. The maximum Gasteiger partial charge on any atom is 0.137 e. The Labute approximate surface area is 66.2 Å². The minimum absolute atomic E-state index is 0.373. The molecule has 62 valence electrons. The minimum Gasteiger partial charge on any atom is -0.385 e. The molecule has 0 aromatic carbocycles. The third kappa shape index (κ3) is 2.31. The lowest BCUT2D eigenvalue weighted by molar-refractivity contribution is 0.178. The van der Waals surface area contributed by atoms with Crippen LogP contribution in [0.2, 0.25) is 0 Å². The first-order valence-corrected chi connectivity index (χ1v) is 3.67. The van der Waals surface area contributed by atoms with Crippen LogP contribution in [-0.4, -0.2) is 28.5 Å². The molecule has 0 spiro atoms. The van der Waals surface area contributed by atoms with Gasteiger partial charge < -0.3 is 4.74 Å². The number of nitrogens with zero attached hydrogens (tertiary/aromatic N) is 3. The van der Waals surface area contributed by atoms with E-state index in [1.165, 1.54) is 0 Å². The van der Waals surface area contributed by atoms with E-state index in [1.807, 2.05) is 4.68 Å². The third-order valence-corrected chi connectivity index (χ3v) is 1.63. The van der Waals surface area contributed by atoms with Crippen molar-refractivity contribution in [2.75, 3.05) is 13.7 Å². The molecule has 0 amide bonds. The molecule has 0 saturated carbocycles. The smallest absolute Gasteiger partial charge is 0.137 e. The molecule has 1 aromatic rings. The Bertz CT molecular complexity index is 186. The zero-order chi connectivity index (χ0) is 8.10. The van der Waals surface area contributed by atoms with Crippen molar-refractivity contribution in [2.24, 2.45) is 0 Å². The highest BCUT2D eigenvalue weighted by Gasteiger charge is 2.02. The van der Waals surface area contributed by atoms with E-state index in [4.69, 9.17) is 4.74 Å². The summed E-state index contributed by atoms with van der Waals surface area (Å²) in [5.41, 5.74) is 0. The van der Waals surface area contributed by atoms with Crippen LogP contribution >= 0.6 is 0 Å². The van der Waals surface area contributed by atoms with E-state index in [0.717, 1.165) is 13.0 Å². The summed E-state index contributed by atoms with van der Waals surface area (Å²) in [7, 11) is 1.70. The topological polar surface area (TPSA) is 39.9 Å². The van der Waals surface area contributed by atoms with Gasteiger partial charge in [-0.2, -0.15) is 5.10 Å². The minimum atomic E-state index is 0.373. The second-order valence-electron chi connectivity index (χ2n) is 2.51. The molecule has 0 aliphatic heterocycles. The van der Waals surface area contributed by atoms with Crippen molar-refractivity contribution in [3.63, 3.8) is 0 Å². The molecular formula is C7H13N3O. The lowest BCUT2D eigenvalue weighted by Gasteiger charge is -2.09. The highest BCUT2D eigenvalue weighted by atomic mass is 16.5. The molecule has 0 N–H and O–H groups in total. The Morgan fingerprint density at radius 2 is 2.45 bits per heavy atom. The fourth-order valence-electron chi connectivity index (χ4n) is 0.866. The van der Waals surface area contributed by atoms with Gasteiger partial charge in [-0.15, -0.1) is 0 Å². The third-order valence-electron chi connectivity index (χ3n) is 1.63. The predicted octanol–water partition coefficient (Wildman–Crippen LogP) is 0.876. The SMILES string of the molecule is COCCC(C)n1cncn1. The predicted molar refractivity (Wildman–Crippen MR) is 41.2 cm³/mol. The summed E-state index contributed by atoms with van der Waals surface area (Å²) in [4.78, 5) is 3.86. The van der Waals surface area contributed by atoms with Crippen LogP contribution in [0.5, 0.6) is 0 Å². The summed E-state index contributed by atoms with van der Waals surface area (Å²) in [6, 6.07) is 0.373. The van der Waals surface area contributed by atoms with Crippen molar-refractivity contribution in [3.05, 3.63) is 12.7 Å². The number of rotatable bonds is 4. The van der Waals surface area contributed by atoms with Gasteiger partial charge in [0.25, 0.3) is 0 Å². The van der Waals surface area contributed by atoms with Gasteiger partial charge in [0.2, 0.25) is 0 Å². The Kier molecular flexibility index (Phi) is 3.04. The highest BCUT2D eigenvalue weighted by molar-refractivity contribution is 4.63. The van der Waals surface area contributed by atoms with Gasteiger partial charge in [-0.05, 0) is 13.3 Å². The number of hydrogen-bond acceptors (Lipinski definition) is 3. The first-order valence-electron chi connectivity index (χ1n) is 3.67. The van der Waals surface area contributed by atoms with E-state index in [9.17, 15) is 0 Å². The quantitative estimate of drug-likeness (QED) is 0.648. The molecule has 0 radical (unpaired) electrons. The molecule has 1 unspecified atom stereocenters. The van der Waals surface area contributed by atoms with E-state index in [2.05, 4.69) is 17.0 Å². The van der Waals surface area contributed by atoms with Crippen molar-refractivity contribution in [3.8, 4) is 0 Å². The zero-order valence-corrected chi connectivity index (χ0v) is 6.90. The summed E-state index contributed by atoms with van der Waals surface area (Å²) in [5.74, 6) is 0. The molecule has 0 fully saturated rings. The van der Waals surface area contributed by atoms with Crippen LogP contribution in [0.4, 0.5) is 0 Å². The monoisotopic (exact) mass is 155 g/mol. The van der Waals surface area contributed by atoms with Gasteiger partial charge in [0, 0.05) is 13.7 Å². The van der Waals surface area contributed by atoms with Crippen LogP contribution in [0.15, 0.2) is 12.7 Å². The molecule has 0 aliphatic rings. The first kappa shape index (κ1) is 8.20. The molecule has 4 nitrogen and oxygen atoms in total. The molecule has 1 heterocycles. The summed E-state index contributed by atoms with van der Waals surface area (Å²) in [5, 5.41) is 4.02. The van der Waals surface area contributed by atoms with E-state index >= 15 is 0 Å². The maximum absolute atomic E-state index is 4.95. The first-order chi connectivity index (χ1) is 5.34. The summed E-state index contributed by atoms with van der Waals surface area (Å²) >= 11 is 0. The Balaban J connectivity index is 2.36. The van der Waals surface area contributed by atoms with Gasteiger partial charge in [-0.25, -0.2) is 4.98 Å². The molecule has 11 heavy (non-hydrogen) atoms. The van der Waals surface area contributed by atoms with Crippen LogP contribution in [-0.2, 0) is 4.74 Å². The lowest BCUT2D eigenvalue weighted by atomic mass is 10.2. The molecule has 0 saturated heterocycles. The van der Waals surface area contributed by atoms with Crippen LogP contribution in [0.3, 0.4) is 0 Å². The lowest BCUT2D eigenvalue weighted by Crippen LogP contribution is -2.07. The highest BCUT2D eigenvalue weighted by Crippen LogP contribution is 2.06. The van der Waals surface area contributed by atoms with Crippen LogP contribution in [0, 0.1) is 0 Å². The molecule has 1 rings (SSSR count). The normalized spacial score (nSPS) is 13.3. The van der Waals surface area contributed by atoms with Gasteiger partial charge in [0.05, 0.1) is 6.04 Å². The van der Waals surface area contributed by atoms with Crippen LogP contribution in [0.1, 0.15) is 19.4 Å². The van der Waals surface area contributed by atoms with E-state index in [-0.39, 0.29) is 0 Å². The summed E-state index contributed by atoms with van der Waals surface area (Å²) in [6.45, 7) is 2.86. The van der Waals surface area contributed by atoms with Gasteiger partial charge in [0.1, 0.15) is 12.7 Å². The molecule has 4 heteroatoms. The molecule has 1 atom stereocenters. The van der Waals surface area contributed by atoms with Gasteiger partial charge in [-0.1, -0.05) is 0 Å². The van der Waals surface area contributed by atoms with Crippen LogP contribution < -0.4 is 0 Å². The van der Waals surface area contributed by atoms with Crippen LogP contribution in [0.25, 0.3) is 0 Å². The molecule has 1 aromatic heterocycles. The van der Waals surface area contributed by atoms with Gasteiger partial charge >= 0.3 is 0 Å². The number of aromatic nitrogens is 3. The standard InChI is InChI=1S/C7H13N3O/c1-7(3-4-11-2)10-6-8-5-9-10/h5-7H,3-4H2,1-2H3. The van der Waals surface area contributed by atoms with Gasteiger partial charge in [0.15, 0.2) is 0 Å². The van der Waals surface area contributed by atoms with E-state index < -0.39 is 0 Å². The second-order valence-corrected chi connectivity index (χ2v) is 2.51. The van der Waals surface area contributed by atoms with E-state index in [1.54, 1.807) is 19.8 Å². The maximum atomic E-state index is 4.95. The average Bonchev–Trinajstić information content (AvgIpc) is 2.52. The summed E-state index contributed by atoms with van der Waals surface area (Å²) in [6.07, 6.45) is 4.24. The number of ether oxygens (including phenoxy) is 1. The Morgan fingerprint density at radius 1 is 1.64 bits per heavy atom. The largest absolute Gasteiger partial charge is 0.385 e. The molecule has 0 aliphatic carbocycles. The van der Waals surface area contributed by atoms with Crippen molar-refractivity contribution in [2.45, 2.75) is 19.4 Å². The molecular weight excluding hydrogens is 142 g/mol. The second kappa shape index (κ2) is 4.08. The average molecular weight is 155 g/mol. The number of hydrogen-bond donors (Lipinski definition) is 0. The Hall–Kier alpha value is -0.900. The zero-order valence-electron chi connectivity index (χ0n) is 6.90. The Morgan fingerprint density at radius 3 is 3.00 bits per heavy atom. The number of methoxy groups -OCH3 is 1. The van der Waals surface area contributed by atoms with Crippen molar-refractivity contribution >= 4 is 0 Å². The summed E-state index contributed by atoms with van der Waals surface area (Å²) < 4.78 is 6.78. The van der Waals surface area contributed by atoms with Crippen molar-refractivity contribution < 1.29 is 4.74 Å². The van der Waals surface area contributed by atoms with Crippen molar-refractivity contribution in [1.82, 2.24) is 14.8 Å². The van der Waals surface area contributed by atoms with Crippen molar-refractivity contribution in [1.29, 1.82) is 0 Å². The fraction of sp³-hybridized carbons (Fsp3) is 0.714. The molecule has 0 bridgehead atoms.